The van der Waals surface area contributed by atoms with Crippen molar-refractivity contribution in [2.45, 2.75) is 38.2 Å². The number of nitrogens with one attached hydrogen (secondary N) is 1. The first kappa shape index (κ1) is 22.7. The Morgan fingerprint density at radius 3 is 2.65 bits per heavy atom. The van der Waals surface area contributed by atoms with Crippen LogP contribution in [-0.2, 0) is 6.42 Å². The van der Waals surface area contributed by atoms with Crippen LogP contribution in [0.3, 0.4) is 0 Å². The summed E-state index contributed by atoms with van der Waals surface area (Å²) in [5, 5.41) is 24.8. The molecule has 1 aliphatic carbocycles. The van der Waals surface area contributed by atoms with E-state index in [1.54, 1.807) is 7.11 Å². The summed E-state index contributed by atoms with van der Waals surface area (Å²) in [7, 11) is 1.60. The van der Waals surface area contributed by atoms with E-state index < -0.39 is 0 Å². The molecule has 0 amide bonds. The Hall–Kier alpha value is -3.08. The van der Waals surface area contributed by atoms with Crippen molar-refractivity contribution in [1.29, 1.82) is 0 Å². The lowest BCUT2D eigenvalue weighted by Crippen LogP contribution is -2.49. The van der Waals surface area contributed by atoms with E-state index in [2.05, 4.69) is 25.3 Å². The molecular formula is C26H28ClN5O2. The molecule has 1 aliphatic heterocycles. The number of hydrogen-bond donors (Lipinski definition) is 2. The van der Waals surface area contributed by atoms with Gasteiger partial charge in [0.05, 0.1) is 24.8 Å². The number of hydrogen-bond acceptors (Lipinski definition) is 6. The van der Waals surface area contributed by atoms with Crippen LogP contribution < -0.4 is 15.0 Å². The molecular weight excluding hydrogens is 450 g/mol. The molecule has 1 spiro atoms. The van der Waals surface area contributed by atoms with Crippen molar-refractivity contribution >= 4 is 39.7 Å². The molecule has 2 heterocycles. The number of fused-ring (bicyclic) bond motifs is 1. The first-order valence-corrected chi connectivity index (χ1v) is 12.1. The van der Waals surface area contributed by atoms with E-state index in [4.69, 9.17) is 22.9 Å². The summed E-state index contributed by atoms with van der Waals surface area (Å²) >= 11 is 6.25. The van der Waals surface area contributed by atoms with Crippen molar-refractivity contribution in [3.05, 3.63) is 58.4 Å². The molecule has 8 heteroatoms. The zero-order valence-corrected chi connectivity index (χ0v) is 20.0. The number of aliphatic hydroxyl groups excluding tert-OH is 1. The lowest BCUT2D eigenvalue weighted by atomic mass is 9.61. The number of benzene rings is 2. The quantitative estimate of drug-likeness (QED) is 0.473. The standard InChI is InChI=1S/C26H28ClN5O2/c1-28-18-4-5-20-21(14-18)24(29-10-7-17-3-6-23(34-2)22(27)13-17)30-31-25(20)32-11-8-26(9-12-32)15-19(33)16-26/h3-6,13-14,19,33H,7-12,15-16H2,2H3,(H,29,30). The van der Waals surface area contributed by atoms with Crippen molar-refractivity contribution in [3.63, 3.8) is 0 Å². The highest BCUT2D eigenvalue weighted by atomic mass is 35.5. The monoisotopic (exact) mass is 477 g/mol. The SMILES string of the molecule is [C-]#[N+]c1ccc2c(N3CCC4(CC3)CC(O)C4)nnc(NCCc3ccc(OC)c(Cl)c3)c2c1. The maximum atomic E-state index is 9.77. The van der Waals surface area contributed by atoms with E-state index in [0.29, 0.717) is 34.2 Å². The predicted octanol–water partition coefficient (Wildman–Crippen LogP) is 5.24. The average molecular weight is 478 g/mol. The van der Waals surface area contributed by atoms with Crippen LogP contribution in [0, 0.1) is 12.0 Å². The Morgan fingerprint density at radius 2 is 1.97 bits per heavy atom. The van der Waals surface area contributed by atoms with Gasteiger partial charge in [0.15, 0.2) is 17.3 Å². The molecule has 2 fully saturated rings. The van der Waals surface area contributed by atoms with Crippen LogP contribution in [0.2, 0.25) is 5.02 Å². The second-order valence-electron chi connectivity index (χ2n) is 9.41. The third kappa shape index (κ3) is 4.36. The maximum Gasteiger partial charge on any atom is 0.188 e. The smallest absolute Gasteiger partial charge is 0.188 e. The second-order valence-corrected chi connectivity index (χ2v) is 9.82. The molecule has 1 saturated carbocycles. The largest absolute Gasteiger partial charge is 0.495 e. The molecule has 3 aromatic rings. The zero-order chi connectivity index (χ0) is 23.7. The van der Waals surface area contributed by atoms with Gasteiger partial charge in [0.1, 0.15) is 5.75 Å². The van der Waals surface area contributed by atoms with E-state index in [1.165, 1.54) is 0 Å². The maximum absolute atomic E-state index is 9.77. The van der Waals surface area contributed by atoms with Gasteiger partial charge in [0.25, 0.3) is 0 Å². The van der Waals surface area contributed by atoms with Gasteiger partial charge in [-0.15, -0.1) is 10.2 Å². The summed E-state index contributed by atoms with van der Waals surface area (Å²) in [6.45, 7) is 9.92. The zero-order valence-electron chi connectivity index (χ0n) is 19.2. The Kier molecular flexibility index (Phi) is 6.20. The molecule has 0 atom stereocenters. The molecule has 0 bridgehead atoms. The second kappa shape index (κ2) is 9.28. The molecule has 2 aromatic carbocycles. The van der Waals surface area contributed by atoms with Gasteiger partial charge in [0, 0.05) is 30.4 Å². The van der Waals surface area contributed by atoms with Gasteiger partial charge < -0.3 is 20.1 Å². The normalized spacial score (nSPS) is 17.4. The van der Waals surface area contributed by atoms with E-state index in [9.17, 15) is 5.11 Å². The third-order valence-electron chi connectivity index (χ3n) is 7.26. The van der Waals surface area contributed by atoms with Crippen molar-refractivity contribution in [2.75, 3.05) is 37.0 Å². The van der Waals surface area contributed by atoms with Crippen molar-refractivity contribution in [3.8, 4) is 5.75 Å². The number of ether oxygens (including phenoxy) is 1. The van der Waals surface area contributed by atoms with Gasteiger partial charge in [-0.1, -0.05) is 29.8 Å². The van der Waals surface area contributed by atoms with Gasteiger partial charge >= 0.3 is 0 Å². The summed E-state index contributed by atoms with van der Waals surface area (Å²) in [6, 6.07) is 11.5. The van der Waals surface area contributed by atoms with Crippen LogP contribution in [0.15, 0.2) is 36.4 Å². The molecule has 34 heavy (non-hydrogen) atoms. The minimum absolute atomic E-state index is 0.126. The molecule has 7 nitrogen and oxygen atoms in total. The minimum Gasteiger partial charge on any atom is -0.495 e. The summed E-state index contributed by atoms with van der Waals surface area (Å²) in [5.41, 5.74) is 1.98. The van der Waals surface area contributed by atoms with Crippen molar-refractivity contribution < 1.29 is 9.84 Å². The summed E-state index contributed by atoms with van der Waals surface area (Å²) in [5.74, 6) is 2.21. The van der Waals surface area contributed by atoms with Gasteiger partial charge in [-0.3, -0.25) is 0 Å². The number of aliphatic hydroxyl groups is 1. The summed E-state index contributed by atoms with van der Waals surface area (Å²) in [4.78, 5) is 5.91. The van der Waals surface area contributed by atoms with Crippen LogP contribution in [0.1, 0.15) is 31.2 Å². The van der Waals surface area contributed by atoms with Gasteiger partial charge in [-0.25, -0.2) is 4.85 Å². The summed E-state index contributed by atoms with van der Waals surface area (Å²) in [6.07, 6.45) is 4.61. The molecule has 2 aliphatic rings. The summed E-state index contributed by atoms with van der Waals surface area (Å²) < 4.78 is 5.23. The Labute approximate surface area is 204 Å². The highest BCUT2D eigenvalue weighted by molar-refractivity contribution is 6.32. The molecule has 1 saturated heterocycles. The van der Waals surface area contributed by atoms with Crippen molar-refractivity contribution in [1.82, 2.24) is 10.2 Å². The van der Waals surface area contributed by atoms with Gasteiger partial charge in [-0.2, -0.15) is 0 Å². The fourth-order valence-electron chi connectivity index (χ4n) is 5.29. The first-order valence-electron chi connectivity index (χ1n) is 11.7. The molecule has 2 N–H and O–H groups in total. The number of anilines is 2. The number of methoxy groups -OCH3 is 1. The average Bonchev–Trinajstić information content (AvgIpc) is 2.83. The van der Waals surface area contributed by atoms with Crippen LogP contribution in [0.5, 0.6) is 5.75 Å². The molecule has 0 radical (unpaired) electrons. The Morgan fingerprint density at radius 1 is 1.18 bits per heavy atom. The van der Waals surface area contributed by atoms with Crippen LogP contribution in [-0.4, -0.2) is 48.2 Å². The fourth-order valence-corrected chi connectivity index (χ4v) is 5.57. The molecule has 1 aromatic heterocycles. The minimum atomic E-state index is -0.126. The molecule has 5 rings (SSSR count). The molecule has 0 unspecified atom stereocenters. The highest BCUT2D eigenvalue weighted by Crippen LogP contribution is 2.49. The third-order valence-corrected chi connectivity index (χ3v) is 7.55. The number of piperidine rings is 1. The molecule has 176 valence electrons. The Balaban J connectivity index is 1.34. The lowest BCUT2D eigenvalue weighted by molar-refractivity contribution is -0.0464. The number of halogens is 1. The van der Waals surface area contributed by atoms with E-state index in [1.807, 2.05) is 36.4 Å². The fraction of sp³-hybridized carbons (Fsp3) is 0.423. The van der Waals surface area contributed by atoms with Gasteiger partial charge in [-0.05, 0) is 61.3 Å². The number of nitrogens with zero attached hydrogens (tertiary/aromatic N) is 4. The van der Waals surface area contributed by atoms with Crippen LogP contribution in [0.25, 0.3) is 15.6 Å². The predicted molar refractivity (Wildman–Crippen MR) is 135 cm³/mol. The highest BCUT2D eigenvalue weighted by Gasteiger charge is 2.45. The number of aromatic nitrogens is 2. The van der Waals surface area contributed by atoms with E-state index in [0.717, 1.165) is 67.3 Å². The Bertz CT molecular complexity index is 1240. The lowest BCUT2D eigenvalue weighted by Gasteiger charge is -2.50. The van der Waals surface area contributed by atoms with Crippen LogP contribution in [0.4, 0.5) is 17.3 Å². The van der Waals surface area contributed by atoms with E-state index in [-0.39, 0.29) is 6.10 Å². The van der Waals surface area contributed by atoms with Crippen LogP contribution >= 0.6 is 11.6 Å². The van der Waals surface area contributed by atoms with Gasteiger partial charge in [0.2, 0.25) is 0 Å². The first-order chi connectivity index (χ1) is 16.5. The number of rotatable bonds is 6. The topological polar surface area (TPSA) is 74.9 Å². The van der Waals surface area contributed by atoms with Crippen molar-refractivity contribution in [2.24, 2.45) is 5.41 Å². The van der Waals surface area contributed by atoms with E-state index >= 15 is 0 Å².